The van der Waals surface area contributed by atoms with E-state index in [-0.39, 0.29) is 0 Å². The average molecular weight is 226 g/mol. The molecule has 2 heteroatoms. The first-order chi connectivity index (χ1) is 7.74. The van der Waals surface area contributed by atoms with Crippen LogP contribution >= 0.6 is 0 Å². The lowest BCUT2D eigenvalue weighted by Crippen LogP contribution is -2.30. The van der Waals surface area contributed by atoms with Gasteiger partial charge in [-0.25, -0.2) is 0 Å². The van der Waals surface area contributed by atoms with Gasteiger partial charge in [-0.3, -0.25) is 0 Å². The van der Waals surface area contributed by atoms with Crippen molar-refractivity contribution in [3.63, 3.8) is 0 Å². The van der Waals surface area contributed by atoms with E-state index >= 15 is 0 Å². The summed E-state index contributed by atoms with van der Waals surface area (Å²) in [4.78, 5) is 2.44. The zero-order valence-corrected chi connectivity index (χ0v) is 11.3. The smallest absolute Gasteiger partial charge is 0.00510 e. The first kappa shape index (κ1) is 15.7. The van der Waals surface area contributed by atoms with E-state index < -0.39 is 0 Å². The van der Waals surface area contributed by atoms with Gasteiger partial charge in [0, 0.05) is 6.04 Å². The van der Waals surface area contributed by atoms with Crippen molar-refractivity contribution in [1.29, 1.82) is 0 Å². The van der Waals surface area contributed by atoms with Crippen LogP contribution in [0.3, 0.4) is 0 Å². The van der Waals surface area contributed by atoms with Crippen LogP contribution in [0.15, 0.2) is 12.7 Å². The van der Waals surface area contributed by atoms with Crippen molar-refractivity contribution < 1.29 is 0 Å². The van der Waals surface area contributed by atoms with Gasteiger partial charge in [-0.05, 0) is 45.3 Å². The summed E-state index contributed by atoms with van der Waals surface area (Å²) in [7, 11) is 0. The summed E-state index contributed by atoms with van der Waals surface area (Å²) in [5.41, 5.74) is 6.10. The maximum Gasteiger partial charge on any atom is 0.00510 e. The molecule has 0 aromatic rings. The van der Waals surface area contributed by atoms with Gasteiger partial charge < -0.3 is 10.6 Å². The van der Waals surface area contributed by atoms with Crippen LogP contribution in [-0.4, -0.2) is 30.6 Å². The SMILES string of the molecule is C=CCCCCCC(N)CCN(CC)CC. The van der Waals surface area contributed by atoms with E-state index in [9.17, 15) is 0 Å². The molecule has 0 amide bonds. The fourth-order valence-electron chi connectivity index (χ4n) is 1.90. The summed E-state index contributed by atoms with van der Waals surface area (Å²) in [6.45, 7) is 11.6. The van der Waals surface area contributed by atoms with E-state index in [2.05, 4.69) is 25.3 Å². The summed E-state index contributed by atoms with van der Waals surface area (Å²) in [6.07, 6.45) is 9.31. The number of rotatable bonds is 11. The van der Waals surface area contributed by atoms with Crippen LogP contribution in [0.5, 0.6) is 0 Å². The minimum atomic E-state index is 0.393. The number of allylic oxidation sites excluding steroid dienone is 1. The monoisotopic (exact) mass is 226 g/mol. The van der Waals surface area contributed by atoms with Crippen LogP contribution in [0.4, 0.5) is 0 Å². The van der Waals surface area contributed by atoms with Crippen molar-refractivity contribution in [2.45, 2.75) is 58.4 Å². The van der Waals surface area contributed by atoms with E-state index in [4.69, 9.17) is 5.73 Å². The van der Waals surface area contributed by atoms with Gasteiger partial charge in [0.2, 0.25) is 0 Å². The number of nitrogens with two attached hydrogens (primary N) is 1. The minimum absolute atomic E-state index is 0.393. The number of unbranched alkanes of at least 4 members (excludes halogenated alkanes) is 3. The molecule has 0 aliphatic rings. The van der Waals surface area contributed by atoms with Crippen molar-refractivity contribution in [2.75, 3.05) is 19.6 Å². The van der Waals surface area contributed by atoms with Crippen molar-refractivity contribution in [3.05, 3.63) is 12.7 Å². The average Bonchev–Trinajstić information content (AvgIpc) is 2.30. The van der Waals surface area contributed by atoms with E-state index in [1.165, 1.54) is 25.7 Å². The molecule has 96 valence electrons. The van der Waals surface area contributed by atoms with Gasteiger partial charge in [0.05, 0.1) is 0 Å². The zero-order chi connectivity index (χ0) is 12.2. The molecular weight excluding hydrogens is 196 g/mol. The first-order valence-electron chi connectivity index (χ1n) is 6.83. The van der Waals surface area contributed by atoms with Crippen molar-refractivity contribution in [1.82, 2.24) is 4.90 Å². The van der Waals surface area contributed by atoms with Crippen molar-refractivity contribution >= 4 is 0 Å². The third kappa shape index (κ3) is 8.93. The van der Waals surface area contributed by atoms with Gasteiger partial charge in [0.15, 0.2) is 0 Å². The van der Waals surface area contributed by atoms with Gasteiger partial charge in [0.1, 0.15) is 0 Å². The molecule has 16 heavy (non-hydrogen) atoms. The Hall–Kier alpha value is -0.340. The molecule has 0 spiro atoms. The van der Waals surface area contributed by atoms with Crippen LogP contribution < -0.4 is 5.73 Å². The second-order valence-corrected chi connectivity index (χ2v) is 4.50. The van der Waals surface area contributed by atoms with E-state index in [1.807, 2.05) is 6.08 Å². The summed E-state index contributed by atoms with van der Waals surface area (Å²) in [6, 6.07) is 0.393. The van der Waals surface area contributed by atoms with Crippen LogP contribution in [0.2, 0.25) is 0 Å². The second-order valence-electron chi connectivity index (χ2n) is 4.50. The Balaban J connectivity index is 3.36. The predicted molar refractivity (Wildman–Crippen MR) is 73.7 cm³/mol. The molecule has 0 saturated heterocycles. The van der Waals surface area contributed by atoms with Gasteiger partial charge in [-0.2, -0.15) is 0 Å². The lowest BCUT2D eigenvalue weighted by atomic mass is 10.1. The normalized spacial score (nSPS) is 13.0. The summed E-state index contributed by atoms with van der Waals surface area (Å²) in [5.74, 6) is 0. The molecule has 0 aromatic heterocycles. The fraction of sp³-hybridized carbons (Fsp3) is 0.857. The third-order valence-electron chi connectivity index (χ3n) is 3.19. The fourth-order valence-corrected chi connectivity index (χ4v) is 1.90. The Kier molecular flexibility index (Phi) is 10.9. The highest BCUT2D eigenvalue weighted by atomic mass is 15.1. The first-order valence-corrected chi connectivity index (χ1v) is 6.83. The summed E-state index contributed by atoms with van der Waals surface area (Å²) < 4.78 is 0. The van der Waals surface area contributed by atoms with Gasteiger partial charge in [0.25, 0.3) is 0 Å². The van der Waals surface area contributed by atoms with Crippen molar-refractivity contribution in [2.24, 2.45) is 5.73 Å². The molecule has 0 aliphatic carbocycles. The maximum atomic E-state index is 6.10. The van der Waals surface area contributed by atoms with Crippen LogP contribution in [0.25, 0.3) is 0 Å². The zero-order valence-electron chi connectivity index (χ0n) is 11.3. The molecule has 0 radical (unpaired) electrons. The van der Waals surface area contributed by atoms with Crippen molar-refractivity contribution in [3.8, 4) is 0 Å². The molecule has 0 aromatic carbocycles. The lowest BCUT2D eigenvalue weighted by molar-refractivity contribution is 0.287. The standard InChI is InChI=1S/C14H30N2/c1-4-7-8-9-10-11-14(15)12-13-16(5-2)6-3/h4,14H,1,5-13,15H2,2-3H3. The maximum absolute atomic E-state index is 6.10. The topological polar surface area (TPSA) is 29.3 Å². The van der Waals surface area contributed by atoms with E-state index in [1.54, 1.807) is 0 Å². The Bertz CT molecular complexity index is 153. The highest BCUT2D eigenvalue weighted by Crippen LogP contribution is 2.07. The van der Waals surface area contributed by atoms with Crippen LogP contribution in [0, 0.1) is 0 Å². The highest BCUT2D eigenvalue weighted by Gasteiger charge is 2.05. The second kappa shape index (κ2) is 11.2. The molecule has 1 atom stereocenters. The number of hydrogen-bond acceptors (Lipinski definition) is 2. The van der Waals surface area contributed by atoms with E-state index in [0.717, 1.165) is 32.5 Å². The Morgan fingerprint density at radius 2 is 1.81 bits per heavy atom. The number of hydrogen-bond donors (Lipinski definition) is 1. The molecule has 0 saturated carbocycles. The Labute approximate surface area is 102 Å². The van der Waals surface area contributed by atoms with Crippen LogP contribution in [-0.2, 0) is 0 Å². The molecular formula is C14H30N2. The lowest BCUT2D eigenvalue weighted by Gasteiger charge is -2.20. The molecule has 2 nitrogen and oxygen atoms in total. The molecule has 0 fully saturated rings. The molecule has 0 bridgehead atoms. The quantitative estimate of drug-likeness (QED) is 0.433. The molecule has 2 N–H and O–H groups in total. The molecule has 0 heterocycles. The molecule has 1 unspecified atom stereocenters. The number of nitrogens with zero attached hydrogens (tertiary/aromatic N) is 1. The van der Waals surface area contributed by atoms with Gasteiger partial charge in [-0.15, -0.1) is 6.58 Å². The molecule has 0 rings (SSSR count). The third-order valence-corrected chi connectivity index (χ3v) is 3.19. The Morgan fingerprint density at radius 3 is 2.38 bits per heavy atom. The summed E-state index contributed by atoms with van der Waals surface area (Å²) >= 11 is 0. The molecule has 0 aliphatic heterocycles. The van der Waals surface area contributed by atoms with Gasteiger partial charge in [-0.1, -0.05) is 32.8 Å². The Morgan fingerprint density at radius 1 is 1.12 bits per heavy atom. The van der Waals surface area contributed by atoms with Gasteiger partial charge >= 0.3 is 0 Å². The summed E-state index contributed by atoms with van der Waals surface area (Å²) in [5, 5.41) is 0. The minimum Gasteiger partial charge on any atom is -0.328 e. The predicted octanol–water partition coefficient (Wildman–Crippen LogP) is 3.18. The van der Waals surface area contributed by atoms with Crippen LogP contribution in [0.1, 0.15) is 52.4 Å². The highest BCUT2D eigenvalue weighted by molar-refractivity contribution is 4.67. The largest absolute Gasteiger partial charge is 0.328 e. The van der Waals surface area contributed by atoms with E-state index in [0.29, 0.717) is 6.04 Å².